The van der Waals surface area contributed by atoms with Gasteiger partial charge in [0.1, 0.15) is 12.3 Å². The number of nitrogens with zero attached hydrogens (tertiary/aromatic N) is 2. The Kier molecular flexibility index (Phi) is 5.93. The predicted octanol–water partition coefficient (Wildman–Crippen LogP) is 1.55. The number of carbonyl (C=O) groups excluding carboxylic acids is 1. The summed E-state index contributed by atoms with van der Waals surface area (Å²) in [5.41, 5.74) is 0.928. The van der Waals surface area contributed by atoms with Gasteiger partial charge in [-0.3, -0.25) is 19.0 Å². The Morgan fingerprint density at radius 1 is 1.00 bits per heavy atom. The molecule has 0 saturated carbocycles. The first-order chi connectivity index (χ1) is 13.5. The Morgan fingerprint density at radius 2 is 1.68 bits per heavy atom. The van der Waals surface area contributed by atoms with Gasteiger partial charge in [0, 0.05) is 13.1 Å². The Bertz CT molecular complexity index is 1110. The van der Waals surface area contributed by atoms with Crippen molar-refractivity contribution in [3.63, 3.8) is 0 Å². The Hall–Kier alpha value is -3.35. The molecular formula is C21H23N3O4. The molecule has 0 radical (unpaired) electrons. The third-order valence-electron chi connectivity index (χ3n) is 4.62. The molecule has 0 spiro atoms. The van der Waals surface area contributed by atoms with Crippen molar-refractivity contribution in [3.05, 3.63) is 74.8 Å². The van der Waals surface area contributed by atoms with E-state index in [1.807, 2.05) is 31.2 Å². The van der Waals surface area contributed by atoms with E-state index < -0.39 is 11.1 Å². The topological polar surface area (TPSA) is 82.3 Å². The maximum Gasteiger partial charge on any atom is 0.317 e. The molecule has 28 heavy (non-hydrogen) atoms. The summed E-state index contributed by atoms with van der Waals surface area (Å²) >= 11 is 0. The number of rotatable bonds is 7. The number of aryl methyl sites for hydroxylation is 1. The van der Waals surface area contributed by atoms with Crippen LogP contribution in [0.1, 0.15) is 12.5 Å². The van der Waals surface area contributed by atoms with Crippen molar-refractivity contribution in [2.45, 2.75) is 26.4 Å². The van der Waals surface area contributed by atoms with E-state index in [2.05, 4.69) is 5.32 Å². The summed E-state index contributed by atoms with van der Waals surface area (Å²) in [5, 5.41) is 2.81. The average Bonchev–Trinajstić information content (AvgIpc) is 2.72. The lowest BCUT2D eigenvalue weighted by Crippen LogP contribution is -2.43. The van der Waals surface area contributed by atoms with E-state index in [-0.39, 0.29) is 12.5 Å². The molecule has 0 aliphatic rings. The number of aromatic nitrogens is 2. The minimum absolute atomic E-state index is 0.197. The lowest BCUT2D eigenvalue weighted by molar-refractivity contribution is -0.121. The second-order valence-corrected chi connectivity index (χ2v) is 6.38. The summed E-state index contributed by atoms with van der Waals surface area (Å²) in [4.78, 5) is 37.2. The second kappa shape index (κ2) is 8.56. The Morgan fingerprint density at radius 3 is 2.36 bits per heavy atom. The zero-order valence-corrected chi connectivity index (χ0v) is 16.0. The van der Waals surface area contributed by atoms with Crippen molar-refractivity contribution in [1.29, 1.82) is 0 Å². The van der Waals surface area contributed by atoms with Crippen molar-refractivity contribution >= 4 is 16.9 Å². The van der Waals surface area contributed by atoms with Crippen molar-refractivity contribution in [2.24, 2.45) is 0 Å². The molecular weight excluding hydrogens is 358 g/mol. The average molecular weight is 381 g/mol. The zero-order chi connectivity index (χ0) is 20.1. The molecule has 0 bridgehead atoms. The van der Waals surface area contributed by atoms with Crippen LogP contribution in [-0.4, -0.2) is 28.7 Å². The summed E-state index contributed by atoms with van der Waals surface area (Å²) in [6.07, 6.45) is 0.635. The van der Waals surface area contributed by atoms with Gasteiger partial charge in [0.15, 0.2) is 0 Å². The summed E-state index contributed by atoms with van der Waals surface area (Å²) in [7, 11) is 1.61. The largest absolute Gasteiger partial charge is 0.497 e. The monoisotopic (exact) mass is 381 g/mol. The lowest BCUT2D eigenvalue weighted by atomic mass is 10.1. The number of methoxy groups -OCH3 is 1. The summed E-state index contributed by atoms with van der Waals surface area (Å²) < 4.78 is 7.85. The molecule has 0 aliphatic carbocycles. The van der Waals surface area contributed by atoms with Gasteiger partial charge >= 0.3 is 11.1 Å². The minimum atomic E-state index is -0.691. The molecule has 7 heteroatoms. The fourth-order valence-electron chi connectivity index (χ4n) is 3.22. The fraction of sp³-hybridized carbons (Fsp3) is 0.286. The first-order valence-corrected chi connectivity index (χ1v) is 9.17. The molecule has 3 rings (SSSR count). The van der Waals surface area contributed by atoms with E-state index in [0.717, 1.165) is 11.3 Å². The van der Waals surface area contributed by atoms with Gasteiger partial charge < -0.3 is 14.6 Å². The van der Waals surface area contributed by atoms with Crippen LogP contribution in [0, 0.1) is 0 Å². The predicted molar refractivity (Wildman–Crippen MR) is 108 cm³/mol. The number of ether oxygens (including phenoxy) is 1. The van der Waals surface area contributed by atoms with Gasteiger partial charge in [-0.1, -0.05) is 24.3 Å². The van der Waals surface area contributed by atoms with E-state index in [9.17, 15) is 14.4 Å². The van der Waals surface area contributed by atoms with Crippen molar-refractivity contribution in [3.8, 4) is 5.75 Å². The lowest BCUT2D eigenvalue weighted by Gasteiger charge is -2.14. The smallest absolute Gasteiger partial charge is 0.317 e. The number of hydrogen-bond acceptors (Lipinski definition) is 4. The maximum atomic E-state index is 12.5. The normalized spacial score (nSPS) is 10.8. The molecule has 0 aliphatic heterocycles. The molecule has 0 unspecified atom stereocenters. The number of fused-ring (bicyclic) bond motifs is 1. The number of hydrogen-bond donors (Lipinski definition) is 1. The molecule has 1 aromatic heterocycles. The molecule has 1 N–H and O–H groups in total. The van der Waals surface area contributed by atoms with Gasteiger partial charge in [-0.2, -0.15) is 0 Å². The zero-order valence-electron chi connectivity index (χ0n) is 16.0. The Balaban J connectivity index is 1.75. The van der Waals surface area contributed by atoms with Gasteiger partial charge in [0.05, 0.1) is 18.1 Å². The molecule has 1 heterocycles. The van der Waals surface area contributed by atoms with Crippen LogP contribution in [-0.2, 0) is 24.3 Å². The number of nitrogens with one attached hydrogen (secondary N) is 1. The van der Waals surface area contributed by atoms with Crippen LogP contribution < -0.4 is 21.2 Å². The van der Waals surface area contributed by atoms with Crippen LogP contribution in [0.2, 0.25) is 0 Å². The molecule has 3 aromatic rings. The molecule has 0 saturated heterocycles. The van der Waals surface area contributed by atoms with E-state index in [1.54, 1.807) is 31.4 Å². The number of benzene rings is 2. The first-order valence-electron chi connectivity index (χ1n) is 9.17. The van der Waals surface area contributed by atoms with Crippen LogP contribution in [0.3, 0.4) is 0 Å². The molecule has 0 atom stereocenters. The van der Waals surface area contributed by atoms with Gasteiger partial charge in [-0.05, 0) is 43.2 Å². The van der Waals surface area contributed by atoms with Gasteiger partial charge in [0.2, 0.25) is 5.91 Å². The van der Waals surface area contributed by atoms with Crippen LogP contribution in [0.25, 0.3) is 11.0 Å². The highest BCUT2D eigenvalue weighted by molar-refractivity contribution is 5.80. The third kappa shape index (κ3) is 3.98. The minimum Gasteiger partial charge on any atom is -0.497 e. The summed E-state index contributed by atoms with van der Waals surface area (Å²) in [6.45, 7) is 2.42. The SMILES string of the molecule is CCn1c(=O)c(=O)n(CC(=O)NCCc2cccc(OC)c2)c2ccccc21. The van der Waals surface area contributed by atoms with Crippen molar-refractivity contribution < 1.29 is 9.53 Å². The van der Waals surface area contributed by atoms with Crippen LogP contribution in [0.4, 0.5) is 0 Å². The van der Waals surface area contributed by atoms with Crippen molar-refractivity contribution in [1.82, 2.24) is 14.5 Å². The maximum absolute atomic E-state index is 12.5. The molecule has 7 nitrogen and oxygen atoms in total. The molecule has 0 fully saturated rings. The van der Waals surface area contributed by atoms with E-state index >= 15 is 0 Å². The van der Waals surface area contributed by atoms with Crippen LogP contribution in [0.5, 0.6) is 5.75 Å². The molecule has 2 aromatic carbocycles. The highest BCUT2D eigenvalue weighted by atomic mass is 16.5. The van der Waals surface area contributed by atoms with E-state index in [4.69, 9.17) is 4.74 Å². The van der Waals surface area contributed by atoms with Gasteiger partial charge in [-0.15, -0.1) is 0 Å². The second-order valence-electron chi connectivity index (χ2n) is 6.38. The quantitative estimate of drug-likeness (QED) is 0.630. The number of amides is 1. The van der Waals surface area contributed by atoms with Gasteiger partial charge in [0.25, 0.3) is 0 Å². The third-order valence-corrected chi connectivity index (χ3v) is 4.62. The summed E-state index contributed by atoms with van der Waals surface area (Å²) in [5.74, 6) is 0.446. The molecule has 146 valence electrons. The summed E-state index contributed by atoms with van der Waals surface area (Å²) in [6, 6.07) is 14.7. The van der Waals surface area contributed by atoms with Crippen molar-refractivity contribution in [2.75, 3.05) is 13.7 Å². The Labute approximate surface area is 162 Å². The fourth-order valence-corrected chi connectivity index (χ4v) is 3.22. The first kappa shape index (κ1) is 19.4. The molecule has 1 amide bonds. The van der Waals surface area contributed by atoms with E-state index in [0.29, 0.717) is 30.5 Å². The highest BCUT2D eigenvalue weighted by Crippen LogP contribution is 2.13. The number of para-hydroxylation sites is 2. The standard InChI is InChI=1S/C21H23N3O4/c1-3-23-17-9-4-5-10-18(17)24(21(27)20(23)26)14-19(25)22-12-11-15-7-6-8-16(13-15)28-2/h4-10,13H,3,11-12,14H2,1-2H3,(H,22,25). The van der Waals surface area contributed by atoms with Gasteiger partial charge in [-0.25, -0.2) is 0 Å². The van der Waals surface area contributed by atoms with E-state index in [1.165, 1.54) is 9.13 Å². The van der Waals surface area contributed by atoms with Crippen LogP contribution >= 0.6 is 0 Å². The highest BCUT2D eigenvalue weighted by Gasteiger charge is 2.14. The number of carbonyl (C=O) groups is 1. The van der Waals surface area contributed by atoms with Crippen LogP contribution in [0.15, 0.2) is 58.1 Å².